The number of likely N-dealkylation sites (tertiary alicyclic amines) is 1. The topological polar surface area (TPSA) is 117 Å². The molecule has 0 aliphatic carbocycles. The Kier molecular flexibility index (Phi) is 14.3. The molecule has 2 saturated heterocycles. The van der Waals surface area contributed by atoms with Crippen molar-refractivity contribution in [3.8, 4) is 5.88 Å². The molecule has 3 aliphatic heterocycles. The van der Waals surface area contributed by atoms with Gasteiger partial charge in [-0.3, -0.25) is 19.3 Å². The highest BCUT2D eigenvalue weighted by Crippen LogP contribution is 2.37. The summed E-state index contributed by atoms with van der Waals surface area (Å²) in [7, 11) is 2.03. The highest BCUT2D eigenvalue weighted by molar-refractivity contribution is 6.04. The van der Waals surface area contributed by atoms with Crippen LogP contribution >= 0.6 is 0 Å². The van der Waals surface area contributed by atoms with Gasteiger partial charge in [-0.1, -0.05) is 68.8 Å². The number of allylic oxidation sites excluding steroid dienone is 2. The van der Waals surface area contributed by atoms with Crippen LogP contribution in [0.1, 0.15) is 107 Å². The van der Waals surface area contributed by atoms with Crippen molar-refractivity contribution in [1.29, 1.82) is 0 Å². The van der Waals surface area contributed by atoms with Gasteiger partial charge in [-0.05, 0) is 94.0 Å². The number of anilines is 3. The number of aliphatic imine (C=N–C) groups is 1. The number of nitrogens with zero attached hydrogens (tertiary/aromatic N) is 6. The van der Waals surface area contributed by atoms with E-state index in [9.17, 15) is 9.59 Å². The molecule has 2 atom stereocenters. The number of rotatable bonds is 18. The Bertz CT molecular complexity index is 2270. The van der Waals surface area contributed by atoms with E-state index in [0.717, 1.165) is 123 Å². The number of hydrogen-bond donors (Lipinski definition) is 2. The van der Waals surface area contributed by atoms with Crippen LogP contribution < -0.4 is 20.3 Å². The van der Waals surface area contributed by atoms with E-state index in [1.165, 1.54) is 22.0 Å². The fourth-order valence-electron chi connectivity index (χ4n) is 9.25. The van der Waals surface area contributed by atoms with Crippen molar-refractivity contribution in [2.45, 2.75) is 111 Å². The average Bonchev–Trinajstić information content (AvgIpc) is 3.59. The second-order valence-electron chi connectivity index (χ2n) is 17.3. The molecule has 0 radical (unpaired) electrons. The summed E-state index contributed by atoms with van der Waals surface area (Å²) < 4.78 is 7.79. The van der Waals surface area contributed by atoms with Gasteiger partial charge < -0.3 is 25.2 Å². The zero-order valence-electron chi connectivity index (χ0n) is 37.4. The third-order valence-electron chi connectivity index (χ3n) is 12.9. The Morgan fingerprint density at radius 3 is 2.67 bits per heavy atom. The Balaban J connectivity index is 0.864. The van der Waals surface area contributed by atoms with Crippen molar-refractivity contribution in [2.75, 3.05) is 54.9 Å². The van der Waals surface area contributed by atoms with Crippen molar-refractivity contribution in [3.63, 3.8) is 0 Å². The number of aromatic nitrogens is 3. The number of Topliss-reactive ketones (excluding diaryl/α,β-unsaturated/α-hetero) is 1. The number of carbonyl (C=O) groups is 2. The number of aryl methyl sites for hydroxylation is 2. The lowest BCUT2D eigenvalue weighted by molar-refractivity contribution is -0.136. The minimum Gasteiger partial charge on any atom is -0.474 e. The van der Waals surface area contributed by atoms with E-state index in [-0.39, 0.29) is 23.8 Å². The van der Waals surface area contributed by atoms with Gasteiger partial charge in [0.25, 0.3) is 0 Å². The van der Waals surface area contributed by atoms with Crippen LogP contribution in [0.2, 0.25) is 0 Å². The standard InChI is InChI=1S/C50H66N8O3/c1-8-37-24-26-57(44-29-52-50-47(34(44)6)51-25-27-61-50)32-43(37)54-45(10-3)53-39-20-18-35(19-21-39)28-46(60)58-30-36(31-58)14-11-12-15-38-16-13-17-42-48(55-56(7)49(38)42)41(33(4)5)23-22-40(59)9-2/h8,13,16-21,29,36,41,45,51,53H,4,9-12,14-15,22-28,30-32H2,1-3,5-7H3/b37-8-,54-43-. The van der Waals surface area contributed by atoms with Gasteiger partial charge in [0.2, 0.25) is 11.8 Å². The summed E-state index contributed by atoms with van der Waals surface area (Å²) >= 11 is 0. The number of ether oxygens (including phenoxy) is 1. The van der Waals surface area contributed by atoms with Gasteiger partial charge in [0.05, 0.1) is 41.8 Å². The molecule has 7 rings (SSSR count). The number of piperidine rings is 1. The molecule has 11 heteroatoms. The van der Waals surface area contributed by atoms with Crippen molar-refractivity contribution < 1.29 is 14.3 Å². The highest BCUT2D eigenvalue weighted by Gasteiger charge is 2.30. The maximum atomic E-state index is 13.2. The molecule has 61 heavy (non-hydrogen) atoms. The van der Waals surface area contributed by atoms with Crippen molar-refractivity contribution in [2.24, 2.45) is 18.0 Å². The van der Waals surface area contributed by atoms with Crippen LogP contribution in [-0.4, -0.2) is 82.6 Å². The molecule has 1 amide bonds. The number of carbonyl (C=O) groups excluding carboxylic acids is 2. The van der Waals surface area contributed by atoms with Crippen LogP contribution in [0.15, 0.2) is 77.5 Å². The van der Waals surface area contributed by atoms with E-state index in [2.05, 4.69) is 96.4 Å². The number of pyridine rings is 1. The first-order valence-corrected chi connectivity index (χ1v) is 22.6. The Morgan fingerprint density at radius 1 is 1.13 bits per heavy atom. The predicted octanol–water partition coefficient (Wildman–Crippen LogP) is 9.36. The molecule has 0 bridgehead atoms. The number of unbranched alkanes of at least 4 members (excludes halogenated alkanes) is 1. The van der Waals surface area contributed by atoms with Crippen LogP contribution in [0.5, 0.6) is 5.88 Å². The zero-order valence-corrected chi connectivity index (χ0v) is 37.4. The normalized spacial score (nSPS) is 17.7. The lowest BCUT2D eigenvalue weighted by Crippen LogP contribution is -2.50. The van der Waals surface area contributed by atoms with Crippen molar-refractivity contribution in [3.05, 3.63) is 94.8 Å². The molecule has 2 aromatic heterocycles. The Labute approximate surface area is 362 Å². The Morgan fingerprint density at radius 2 is 1.93 bits per heavy atom. The summed E-state index contributed by atoms with van der Waals surface area (Å²) in [6.45, 7) is 19.4. The number of amides is 1. The molecule has 0 saturated carbocycles. The number of hydrogen-bond acceptors (Lipinski definition) is 9. The number of ketones is 1. The van der Waals surface area contributed by atoms with Gasteiger partial charge in [0.15, 0.2) is 0 Å². The maximum Gasteiger partial charge on any atom is 0.237 e. The van der Waals surface area contributed by atoms with E-state index in [0.29, 0.717) is 37.7 Å². The fraction of sp³-hybridized carbons (Fsp3) is 0.500. The summed E-state index contributed by atoms with van der Waals surface area (Å²) in [5, 5.41) is 13.2. The summed E-state index contributed by atoms with van der Waals surface area (Å²) in [5.74, 6) is 1.81. The first-order valence-electron chi connectivity index (χ1n) is 22.6. The molecule has 2 aromatic carbocycles. The van der Waals surface area contributed by atoms with Crippen LogP contribution in [-0.2, 0) is 29.5 Å². The van der Waals surface area contributed by atoms with E-state index < -0.39 is 0 Å². The van der Waals surface area contributed by atoms with Crippen LogP contribution in [0.3, 0.4) is 0 Å². The number of fused-ring (bicyclic) bond motifs is 2. The summed E-state index contributed by atoms with van der Waals surface area (Å²) in [4.78, 5) is 39.6. The van der Waals surface area contributed by atoms with Gasteiger partial charge in [-0.2, -0.15) is 5.10 Å². The minimum atomic E-state index is -0.0708. The molecular weight excluding hydrogens is 761 g/mol. The highest BCUT2D eigenvalue weighted by atomic mass is 16.5. The summed E-state index contributed by atoms with van der Waals surface area (Å²) in [5.41, 5.74) is 12.3. The van der Waals surface area contributed by atoms with Gasteiger partial charge in [-0.25, -0.2) is 4.98 Å². The monoisotopic (exact) mass is 827 g/mol. The fourth-order valence-corrected chi connectivity index (χ4v) is 9.25. The van der Waals surface area contributed by atoms with E-state index in [1.807, 2.05) is 36.7 Å². The smallest absolute Gasteiger partial charge is 0.237 e. The molecule has 3 aliphatic rings. The van der Waals surface area contributed by atoms with Crippen LogP contribution in [0.25, 0.3) is 10.9 Å². The predicted molar refractivity (Wildman–Crippen MR) is 249 cm³/mol. The second-order valence-corrected chi connectivity index (χ2v) is 17.3. The minimum absolute atomic E-state index is 0.0708. The number of nitrogens with one attached hydrogen (secondary N) is 2. The lowest BCUT2D eigenvalue weighted by Gasteiger charge is -2.39. The first-order chi connectivity index (χ1) is 29.6. The first kappa shape index (κ1) is 43.6. The summed E-state index contributed by atoms with van der Waals surface area (Å²) in [6, 6.07) is 14.8. The third kappa shape index (κ3) is 10.2. The zero-order chi connectivity index (χ0) is 43.0. The summed E-state index contributed by atoms with van der Waals surface area (Å²) in [6.07, 6.45) is 12.5. The number of para-hydroxylation sites is 1. The van der Waals surface area contributed by atoms with Crippen LogP contribution in [0, 0.1) is 12.8 Å². The van der Waals surface area contributed by atoms with Gasteiger partial charge in [0, 0.05) is 68.6 Å². The largest absolute Gasteiger partial charge is 0.474 e. The molecule has 0 spiro atoms. The van der Waals surface area contributed by atoms with Crippen molar-refractivity contribution in [1.82, 2.24) is 19.7 Å². The SMILES string of the molecule is C=C(C)C(CCC(=O)CC)c1nn(C)c2c(CCCCC3CN(C(=O)Cc4ccc(NC(CC)/N=C5/CN(c6cnc7c(c6C)NCCO7)CC/C5=C/C)cc4)C3)cccc12. The van der Waals surface area contributed by atoms with Crippen molar-refractivity contribution >= 4 is 45.4 Å². The molecule has 2 unspecified atom stereocenters. The average molecular weight is 827 g/mol. The molecule has 5 heterocycles. The molecule has 11 nitrogen and oxygen atoms in total. The van der Waals surface area contributed by atoms with Gasteiger partial charge in [0.1, 0.15) is 24.2 Å². The molecule has 2 fully saturated rings. The maximum absolute atomic E-state index is 13.2. The Hall–Kier alpha value is -5.45. The quantitative estimate of drug-likeness (QED) is 0.0754. The second kappa shape index (κ2) is 19.9. The van der Waals surface area contributed by atoms with Gasteiger partial charge >= 0.3 is 0 Å². The van der Waals surface area contributed by atoms with E-state index in [1.54, 1.807) is 0 Å². The lowest BCUT2D eigenvalue weighted by atomic mass is 9.89. The van der Waals surface area contributed by atoms with Crippen LogP contribution in [0.4, 0.5) is 17.1 Å². The third-order valence-corrected chi connectivity index (χ3v) is 12.9. The molecular formula is C50H66N8O3. The molecule has 2 N–H and O–H groups in total. The molecule has 324 valence electrons. The molecule has 4 aromatic rings. The van der Waals surface area contributed by atoms with E-state index >= 15 is 0 Å². The number of benzene rings is 2. The van der Waals surface area contributed by atoms with E-state index in [4.69, 9.17) is 14.8 Å². The van der Waals surface area contributed by atoms with Gasteiger partial charge in [-0.15, -0.1) is 0 Å².